The second kappa shape index (κ2) is 7.24. The molecule has 1 aromatic carbocycles. The summed E-state index contributed by atoms with van der Waals surface area (Å²) in [6, 6.07) is 5.96. The highest BCUT2D eigenvalue weighted by atomic mass is 16.5. The first-order valence-electron chi connectivity index (χ1n) is 6.18. The van der Waals surface area contributed by atoms with Gasteiger partial charge in [0.2, 0.25) is 0 Å². The number of hydrogen-bond donors (Lipinski definition) is 1. The van der Waals surface area contributed by atoms with Crippen molar-refractivity contribution in [1.29, 1.82) is 0 Å². The number of phenolic OH excluding ortho intramolecular Hbond substituents is 1. The first kappa shape index (κ1) is 14.8. The van der Waals surface area contributed by atoms with Crippen molar-refractivity contribution in [3.05, 3.63) is 23.8 Å². The van der Waals surface area contributed by atoms with Gasteiger partial charge in [-0.3, -0.25) is 4.90 Å². The molecule has 0 heterocycles. The molecule has 0 aromatic heterocycles. The largest absolute Gasteiger partial charge is 0.504 e. The number of phenols is 1. The van der Waals surface area contributed by atoms with Gasteiger partial charge < -0.3 is 14.6 Å². The summed E-state index contributed by atoms with van der Waals surface area (Å²) in [7, 11) is 3.26. The summed E-state index contributed by atoms with van der Waals surface area (Å²) in [5, 5.41) is 10.1. The highest BCUT2D eigenvalue weighted by molar-refractivity contribution is 5.45. The van der Waals surface area contributed by atoms with E-state index in [0.717, 1.165) is 12.1 Å². The molecular formula is C14H23NO3. The standard InChI is InChI=1S/C14H23NO3/c1-11(2)15(8-9-17-3)10-12-6-5-7-13(18-4)14(12)16/h5-7,11,16H,8-10H2,1-4H3. The molecule has 0 fully saturated rings. The SMILES string of the molecule is COCCN(Cc1cccc(OC)c1O)C(C)C. The van der Waals surface area contributed by atoms with Crippen LogP contribution in [0.2, 0.25) is 0 Å². The minimum absolute atomic E-state index is 0.225. The van der Waals surface area contributed by atoms with Crippen molar-refractivity contribution >= 4 is 0 Å². The highest BCUT2D eigenvalue weighted by Crippen LogP contribution is 2.30. The van der Waals surface area contributed by atoms with Crippen LogP contribution in [0.3, 0.4) is 0 Å². The van der Waals surface area contributed by atoms with Gasteiger partial charge in [-0.05, 0) is 19.9 Å². The molecule has 1 aromatic rings. The van der Waals surface area contributed by atoms with Gasteiger partial charge in [-0.1, -0.05) is 12.1 Å². The van der Waals surface area contributed by atoms with Gasteiger partial charge in [0.15, 0.2) is 11.5 Å². The first-order chi connectivity index (χ1) is 8.60. The lowest BCUT2D eigenvalue weighted by molar-refractivity contribution is 0.124. The maximum Gasteiger partial charge on any atom is 0.162 e. The topological polar surface area (TPSA) is 41.9 Å². The van der Waals surface area contributed by atoms with Crippen molar-refractivity contribution in [2.45, 2.75) is 26.4 Å². The third kappa shape index (κ3) is 3.89. The molecule has 1 N–H and O–H groups in total. The molecule has 0 saturated carbocycles. The molecule has 0 radical (unpaired) electrons. The van der Waals surface area contributed by atoms with Gasteiger partial charge >= 0.3 is 0 Å². The second-order valence-corrected chi connectivity index (χ2v) is 4.53. The van der Waals surface area contributed by atoms with E-state index in [4.69, 9.17) is 9.47 Å². The Kier molecular flexibility index (Phi) is 5.95. The summed E-state index contributed by atoms with van der Waals surface area (Å²) in [6.07, 6.45) is 0. The van der Waals surface area contributed by atoms with Gasteiger partial charge in [0.1, 0.15) is 0 Å². The Labute approximate surface area is 109 Å². The molecule has 0 bridgehead atoms. The monoisotopic (exact) mass is 253 g/mol. The Morgan fingerprint density at radius 2 is 2.00 bits per heavy atom. The fourth-order valence-electron chi connectivity index (χ4n) is 1.81. The molecule has 18 heavy (non-hydrogen) atoms. The first-order valence-corrected chi connectivity index (χ1v) is 6.18. The molecule has 0 unspecified atom stereocenters. The van der Waals surface area contributed by atoms with Crippen molar-refractivity contribution in [1.82, 2.24) is 4.90 Å². The number of methoxy groups -OCH3 is 2. The Balaban J connectivity index is 2.80. The lowest BCUT2D eigenvalue weighted by atomic mass is 10.1. The average Bonchev–Trinajstić information content (AvgIpc) is 2.36. The van der Waals surface area contributed by atoms with Crippen LogP contribution in [-0.4, -0.2) is 43.4 Å². The average molecular weight is 253 g/mol. The predicted molar refractivity (Wildman–Crippen MR) is 72.1 cm³/mol. The van der Waals surface area contributed by atoms with E-state index in [2.05, 4.69) is 18.7 Å². The minimum atomic E-state index is 0.225. The third-order valence-corrected chi connectivity index (χ3v) is 2.99. The number of benzene rings is 1. The van der Waals surface area contributed by atoms with Crippen LogP contribution in [0.5, 0.6) is 11.5 Å². The van der Waals surface area contributed by atoms with E-state index in [1.54, 1.807) is 20.3 Å². The van der Waals surface area contributed by atoms with Crippen molar-refractivity contribution in [3.8, 4) is 11.5 Å². The molecule has 4 nitrogen and oxygen atoms in total. The maximum absolute atomic E-state index is 10.1. The molecule has 0 aliphatic heterocycles. The van der Waals surface area contributed by atoms with Gasteiger partial charge in [-0.25, -0.2) is 0 Å². The Hall–Kier alpha value is -1.26. The summed E-state index contributed by atoms with van der Waals surface area (Å²) in [5.74, 6) is 0.742. The van der Waals surface area contributed by atoms with Gasteiger partial charge in [0.05, 0.1) is 13.7 Å². The van der Waals surface area contributed by atoms with Crippen molar-refractivity contribution in [3.63, 3.8) is 0 Å². The van der Waals surface area contributed by atoms with Crippen LogP contribution in [0.15, 0.2) is 18.2 Å². The van der Waals surface area contributed by atoms with Crippen LogP contribution >= 0.6 is 0 Å². The quantitative estimate of drug-likeness (QED) is 0.809. The summed E-state index contributed by atoms with van der Waals surface area (Å²) < 4.78 is 10.2. The smallest absolute Gasteiger partial charge is 0.162 e. The predicted octanol–water partition coefficient (Wildman–Crippen LogP) is 2.26. The third-order valence-electron chi connectivity index (χ3n) is 2.99. The molecule has 0 saturated heterocycles. The number of hydrogen-bond acceptors (Lipinski definition) is 4. The number of nitrogens with zero attached hydrogens (tertiary/aromatic N) is 1. The van der Waals surface area contributed by atoms with E-state index >= 15 is 0 Å². The highest BCUT2D eigenvalue weighted by Gasteiger charge is 2.14. The van der Waals surface area contributed by atoms with Crippen molar-refractivity contribution in [2.75, 3.05) is 27.4 Å². The zero-order chi connectivity index (χ0) is 13.5. The fourth-order valence-corrected chi connectivity index (χ4v) is 1.81. The molecule has 0 atom stereocenters. The van der Waals surface area contributed by atoms with E-state index in [1.807, 2.05) is 12.1 Å². The molecule has 102 valence electrons. The lowest BCUT2D eigenvalue weighted by Crippen LogP contribution is -2.33. The Morgan fingerprint density at radius 1 is 1.28 bits per heavy atom. The van der Waals surface area contributed by atoms with Crippen LogP contribution in [-0.2, 0) is 11.3 Å². The van der Waals surface area contributed by atoms with E-state index in [1.165, 1.54) is 0 Å². The molecule has 1 rings (SSSR count). The van der Waals surface area contributed by atoms with Crippen LogP contribution in [0, 0.1) is 0 Å². The van der Waals surface area contributed by atoms with Crippen molar-refractivity contribution in [2.24, 2.45) is 0 Å². The number of aromatic hydroxyl groups is 1. The normalized spacial score (nSPS) is 11.2. The summed E-state index contributed by atoms with van der Waals surface area (Å²) in [6.45, 7) is 6.47. The molecular weight excluding hydrogens is 230 g/mol. The van der Waals surface area contributed by atoms with E-state index in [-0.39, 0.29) is 5.75 Å². The Morgan fingerprint density at radius 3 is 2.56 bits per heavy atom. The summed E-state index contributed by atoms with van der Waals surface area (Å²) in [4.78, 5) is 2.25. The fraction of sp³-hybridized carbons (Fsp3) is 0.571. The molecule has 4 heteroatoms. The number of ether oxygens (including phenoxy) is 2. The van der Waals surface area contributed by atoms with Gasteiger partial charge in [-0.15, -0.1) is 0 Å². The van der Waals surface area contributed by atoms with Gasteiger partial charge in [-0.2, -0.15) is 0 Å². The molecule has 0 aliphatic carbocycles. The van der Waals surface area contributed by atoms with Crippen LogP contribution < -0.4 is 4.74 Å². The lowest BCUT2D eigenvalue weighted by Gasteiger charge is -2.26. The number of para-hydroxylation sites is 1. The van der Waals surface area contributed by atoms with E-state index in [0.29, 0.717) is 24.9 Å². The van der Waals surface area contributed by atoms with Crippen LogP contribution in [0.4, 0.5) is 0 Å². The summed E-state index contributed by atoms with van der Waals surface area (Å²) in [5.41, 5.74) is 0.874. The molecule has 0 amide bonds. The van der Waals surface area contributed by atoms with Crippen LogP contribution in [0.25, 0.3) is 0 Å². The van der Waals surface area contributed by atoms with Crippen molar-refractivity contribution < 1.29 is 14.6 Å². The minimum Gasteiger partial charge on any atom is -0.504 e. The Bertz CT molecular complexity index is 366. The zero-order valence-corrected chi connectivity index (χ0v) is 11.6. The van der Waals surface area contributed by atoms with Gasteiger partial charge in [0, 0.05) is 31.8 Å². The zero-order valence-electron chi connectivity index (χ0n) is 11.6. The van der Waals surface area contributed by atoms with Crippen LogP contribution in [0.1, 0.15) is 19.4 Å². The maximum atomic E-state index is 10.1. The molecule has 0 aliphatic rings. The second-order valence-electron chi connectivity index (χ2n) is 4.53. The summed E-state index contributed by atoms with van der Waals surface area (Å²) >= 11 is 0. The van der Waals surface area contributed by atoms with E-state index < -0.39 is 0 Å². The van der Waals surface area contributed by atoms with Gasteiger partial charge in [0.25, 0.3) is 0 Å². The number of rotatable bonds is 7. The molecule has 0 spiro atoms. The van der Waals surface area contributed by atoms with E-state index in [9.17, 15) is 5.11 Å².